The molecule has 1 aromatic rings. The Balaban J connectivity index is 1.67. The molecule has 3 rings (SSSR count). The third-order valence-corrected chi connectivity index (χ3v) is 3.64. The SMILES string of the molecule is O=C(c1ccc(N2CCOCC2)cn1)N1CCOCC1. The van der Waals surface area contributed by atoms with Crippen molar-refractivity contribution in [1.29, 1.82) is 0 Å². The van der Waals surface area contributed by atoms with E-state index in [9.17, 15) is 4.79 Å². The fraction of sp³-hybridized carbons (Fsp3) is 0.571. The third-order valence-electron chi connectivity index (χ3n) is 3.64. The normalized spacial score (nSPS) is 20.0. The molecular weight excluding hydrogens is 258 g/mol. The Bertz CT molecular complexity index is 451. The van der Waals surface area contributed by atoms with E-state index in [4.69, 9.17) is 9.47 Å². The van der Waals surface area contributed by atoms with Crippen LogP contribution in [0.4, 0.5) is 5.69 Å². The van der Waals surface area contributed by atoms with Crippen LogP contribution in [0.1, 0.15) is 10.5 Å². The summed E-state index contributed by atoms with van der Waals surface area (Å²) in [4.78, 5) is 20.6. The van der Waals surface area contributed by atoms with Crippen LogP contribution in [0.25, 0.3) is 0 Å². The smallest absolute Gasteiger partial charge is 0.272 e. The summed E-state index contributed by atoms with van der Waals surface area (Å²) in [5.74, 6) is -0.0122. The number of hydrogen-bond donors (Lipinski definition) is 0. The topological polar surface area (TPSA) is 54.9 Å². The van der Waals surface area contributed by atoms with Crippen LogP contribution in [-0.4, -0.2) is 68.4 Å². The number of pyridine rings is 1. The lowest BCUT2D eigenvalue weighted by Crippen LogP contribution is -2.41. The number of nitrogens with zero attached hydrogens (tertiary/aromatic N) is 3. The fourth-order valence-electron chi connectivity index (χ4n) is 2.45. The average molecular weight is 277 g/mol. The summed E-state index contributed by atoms with van der Waals surface area (Å²) in [5, 5.41) is 0. The third kappa shape index (κ3) is 2.91. The Morgan fingerprint density at radius 3 is 2.25 bits per heavy atom. The second-order valence-corrected chi connectivity index (χ2v) is 4.91. The number of carbonyl (C=O) groups is 1. The molecule has 1 aromatic heterocycles. The Hall–Kier alpha value is -1.66. The molecule has 0 atom stereocenters. The minimum Gasteiger partial charge on any atom is -0.378 e. The van der Waals surface area contributed by atoms with Gasteiger partial charge in [-0.05, 0) is 12.1 Å². The lowest BCUT2D eigenvalue weighted by Gasteiger charge is -2.29. The highest BCUT2D eigenvalue weighted by molar-refractivity contribution is 5.92. The summed E-state index contributed by atoms with van der Waals surface area (Å²) >= 11 is 0. The Morgan fingerprint density at radius 1 is 1.00 bits per heavy atom. The number of anilines is 1. The monoisotopic (exact) mass is 277 g/mol. The number of ether oxygens (including phenoxy) is 2. The quantitative estimate of drug-likeness (QED) is 0.783. The van der Waals surface area contributed by atoms with Crippen molar-refractivity contribution in [2.45, 2.75) is 0 Å². The van der Waals surface area contributed by atoms with Crippen LogP contribution < -0.4 is 4.90 Å². The zero-order valence-electron chi connectivity index (χ0n) is 11.5. The van der Waals surface area contributed by atoms with Crippen molar-refractivity contribution in [3.05, 3.63) is 24.0 Å². The maximum absolute atomic E-state index is 12.3. The highest BCUT2D eigenvalue weighted by atomic mass is 16.5. The standard InChI is InChI=1S/C14H19N3O3/c18-14(17-5-9-20-10-6-17)13-2-1-12(11-15-13)16-3-7-19-8-4-16/h1-2,11H,3-10H2. The van der Waals surface area contributed by atoms with Crippen molar-refractivity contribution in [2.75, 3.05) is 57.5 Å². The molecule has 1 amide bonds. The minimum absolute atomic E-state index is 0.0122. The Morgan fingerprint density at radius 2 is 1.65 bits per heavy atom. The summed E-state index contributed by atoms with van der Waals surface area (Å²) in [7, 11) is 0. The first-order valence-corrected chi connectivity index (χ1v) is 7.00. The van der Waals surface area contributed by atoms with Gasteiger partial charge in [-0.25, -0.2) is 4.98 Å². The number of carbonyl (C=O) groups excluding carboxylic acids is 1. The van der Waals surface area contributed by atoms with Gasteiger partial charge in [0.25, 0.3) is 5.91 Å². The summed E-state index contributed by atoms with van der Waals surface area (Å²) in [5.41, 5.74) is 1.55. The molecule has 2 saturated heterocycles. The first-order valence-electron chi connectivity index (χ1n) is 7.00. The van der Waals surface area contributed by atoms with E-state index in [1.807, 2.05) is 12.1 Å². The number of hydrogen-bond acceptors (Lipinski definition) is 5. The van der Waals surface area contributed by atoms with E-state index in [-0.39, 0.29) is 5.91 Å². The van der Waals surface area contributed by atoms with Crippen LogP contribution in [0, 0.1) is 0 Å². The van der Waals surface area contributed by atoms with Crippen LogP contribution in [0.15, 0.2) is 18.3 Å². The molecular formula is C14H19N3O3. The molecule has 0 radical (unpaired) electrons. The van der Waals surface area contributed by atoms with Crippen LogP contribution in [0.3, 0.4) is 0 Å². The summed E-state index contributed by atoms with van der Waals surface area (Å²) in [6, 6.07) is 3.77. The van der Waals surface area contributed by atoms with Crippen molar-refractivity contribution in [2.24, 2.45) is 0 Å². The molecule has 108 valence electrons. The average Bonchev–Trinajstić information content (AvgIpc) is 2.56. The highest BCUT2D eigenvalue weighted by Crippen LogP contribution is 2.15. The maximum Gasteiger partial charge on any atom is 0.272 e. The molecule has 3 heterocycles. The Labute approximate surface area is 118 Å². The molecule has 0 unspecified atom stereocenters. The maximum atomic E-state index is 12.3. The molecule has 0 aliphatic carbocycles. The van der Waals surface area contributed by atoms with E-state index >= 15 is 0 Å². The molecule has 0 aromatic carbocycles. The molecule has 0 spiro atoms. The molecule has 2 fully saturated rings. The summed E-state index contributed by atoms with van der Waals surface area (Å²) < 4.78 is 10.6. The van der Waals surface area contributed by atoms with E-state index in [1.54, 1.807) is 11.1 Å². The van der Waals surface area contributed by atoms with E-state index in [0.717, 1.165) is 32.0 Å². The molecule has 0 N–H and O–H groups in total. The van der Waals surface area contributed by atoms with Gasteiger partial charge in [0.05, 0.1) is 38.3 Å². The largest absolute Gasteiger partial charge is 0.378 e. The van der Waals surface area contributed by atoms with Crippen molar-refractivity contribution in [3.8, 4) is 0 Å². The van der Waals surface area contributed by atoms with Gasteiger partial charge in [0.15, 0.2) is 0 Å². The number of morpholine rings is 2. The minimum atomic E-state index is -0.0122. The lowest BCUT2D eigenvalue weighted by molar-refractivity contribution is 0.0299. The molecule has 6 heteroatoms. The second kappa shape index (κ2) is 6.19. The summed E-state index contributed by atoms with van der Waals surface area (Å²) in [6.45, 7) is 5.74. The van der Waals surface area contributed by atoms with Gasteiger partial charge in [-0.1, -0.05) is 0 Å². The fourth-order valence-corrected chi connectivity index (χ4v) is 2.45. The van der Waals surface area contributed by atoms with E-state index in [1.165, 1.54) is 0 Å². The van der Waals surface area contributed by atoms with Crippen molar-refractivity contribution >= 4 is 11.6 Å². The molecule has 20 heavy (non-hydrogen) atoms. The van der Waals surface area contributed by atoms with Crippen LogP contribution >= 0.6 is 0 Å². The van der Waals surface area contributed by atoms with Gasteiger partial charge in [-0.3, -0.25) is 4.79 Å². The Kier molecular flexibility index (Phi) is 4.13. The van der Waals surface area contributed by atoms with E-state index < -0.39 is 0 Å². The number of amides is 1. The van der Waals surface area contributed by atoms with Crippen LogP contribution in [0.5, 0.6) is 0 Å². The van der Waals surface area contributed by atoms with Crippen molar-refractivity contribution < 1.29 is 14.3 Å². The predicted molar refractivity (Wildman–Crippen MR) is 74.0 cm³/mol. The molecule has 0 saturated carbocycles. The van der Waals surface area contributed by atoms with Gasteiger partial charge in [-0.15, -0.1) is 0 Å². The second-order valence-electron chi connectivity index (χ2n) is 4.91. The zero-order valence-corrected chi connectivity index (χ0v) is 11.5. The number of rotatable bonds is 2. The van der Waals surface area contributed by atoms with Gasteiger partial charge in [-0.2, -0.15) is 0 Å². The summed E-state index contributed by atoms with van der Waals surface area (Å²) in [6.07, 6.45) is 1.78. The predicted octanol–water partition coefficient (Wildman–Crippen LogP) is 0.391. The van der Waals surface area contributed by atoms with Crippen molar-refractivity contribution in [3.63, 3.8) is 0 Å². The van der Waals surface area contributed by atoms with Crippen molar-refractivity contribution in [1.82, 2.24) is 9.88 Å². The van der Waals surface area contributed by atoms with E-state index in [2.05, 4.69) is 9.88 Å². The first kappa shape index (κ1) is 13.3. The zero-order chi connectivity index (χ0) is 13.8. The molecule has 0 bridgehead atoms. The highest BCUT2D eigenvalue weighted by Gasteiger charge is 2.20. The van der Waals surface area contributed by atoms with Gasteiger partial charge < -0.3 is 19.3 Å². The van der Waals surface area contributed by atoms with Crippen LogP contribution in [0.2, 0.25) is 0 Å². The first-order chi connectivity index (χ1) is 9.84. The van der Waals surface area contributed by atoms with Gasteiger partial charge in [0.2, 0.25) is 0 Å². The molecule has 6 nitrogen and oxygen atoms in total. The lowest BCUT2D eigenvalue weighted by atomic mass is 10.2. The molecule has 2 aliphatic rings. The van der Waals surface area contributed by atoms with E-state index in [0.29, 0.717) is 32.0 Å². The van der Waals surface area contributed by atoms with Gasteiger partial charge in [0, 0.05) is 26.2 Å². The molecule has 2 aliphatic heterocycles. The van der Waals surface area contributed by atoms with Crippen LogP contribution in [-0.2, 0) is 9.47 Å². The van der Waals surface area contributed by atoms with Gasteiger partial charge >= 0.3 is 0 Å². The number of aromatic nitrogens is 1. The van der Waals surface area contributed by atoms with Gasteiger partial charge in [0.1, 0.15) is 5.69 Å².